The molecular weight excluding hydrogens is 857 g/mol. The van der Waals surface area contributed by atoms with E-state index < -0.39 is 12.3 Å². The van der Waals surface area contributed by atoms with Gasteiger partial charge in [-0.05, 0) is 94.8 Å². The third-order valence-corrected chi connectivity index (χ3v) is 12.7. The normalized spacial score (nSPS) is 16.5. The number of carbonyl (C=O) groups excluding carboxylic acids is 2. The van der Waals surface area contributed by atoms with Crippen LogP contribution in [0.15, 0.2) is 66.4 Å². The van der Waals surface area contributed by atoms with Gasteiger partial charge in [0.1, 0.15) is 17.3 Å². The Morgan fingerprint density at radius 1 is 1.03 bits per heavy atom. The van der Waals surface area contributed by atoms with Crippen molar-refractivity contribution in [2.24, 2.45) is 29.2 Å². The van der Waals surface area contributed by atoms with Crippen LogP contribution < -0.4 is 21.8 Å². The van der Waals surface area contributed by atoms with Crippen LogP contribution in [0.3, 0.4) is 0 Å². The average molecular weight is 927 g/mol. The first-order chi connectivity index (χ1) is 31.9. The second-order valence-electron chi connectivity index (χ2n) is 17.1. The van der Waals surface area contributed by atoms with Crippen molar-refractivity contribution in [3.8, 4) is 22.5 Å². The minimum atomic E-state index is -0.654. The van der Waals surface area contributed by atoms with Crippen LogP contribution >= 0.6 is 11.3 Å². The fraction of sp³-hybridized carbons (Fsp3) is 0.510. The molecule has 17 heteroatoms. The highest BCUT2D eigenvalue weighted by Gasteiger charge is 2.33. The van der Waals surface area contributed by atoms with Crippen molar-refractivity contribution >= 4 is 46.2 Å². The zero-order valence-corrected chi connectivity index (χ0v) is 40.5. The summed E-state index contributed by atoms with van der Waals surface area (Å²) in [7, 11) is 3.81. The number of hydrogen-bond acceptors (Lipinski definition) is 13. The number of nitrogens with one attached hydrogen (secondary N) is 1. The number of amides is 2. The first-order valence-electron chi connectivity index (χ1n) is 23.1. The zero-order chi connectivity index (χ0) is 47.8. The number of carbonyl (C=O) groups is 3. The summed E-state index contributed by atoms with van der Waals surface area (Å²) in [5.41, 5.74) is 23.1. The zero-order valence-electron chi connectivity index (χ0n) is 39.7. The molecule has 2 saturated heterocycles. The number of nitrogens with two attached hydrogens (primary N) is 2. The minimum absolute atomic E-state index is 0.0526. The van der Waals surface area contributed by atoms with Gasteiger partial charge >= 0.3 is 0 Å². The topological polar surface area (TPSA) is 207 Å². The highest BCUT2D eigenvalue weighted by atomic mass is 32.1. The van der Waals surface area contributed by atoms with Crippen LogP contribution in [-0.4, -0.2) is 113 Å². The summed E-state index contributed by atoms with van der Waals surface area (Å²) in [4.78, 5) is 50.5. The summed E-state index contributed by atoms with van der Waals surface area (Å²) in [6, 6.07) is 14.7. The Hall–Kier alpha value is -5.30. The van der Waals surface area contributed by atoms with Crippen LogP contribution in [0, 0.1) is 17.8 Å². The molecule has 1 aromatic carbocycles. The van der Waals surface area contributed by atoms with Gasteiger partial charge in [0.2, 0.25) is 11.8 Å². The van der Waals surface area contributed by atoms with Crippen molar-refractivity contribution in [2.45, 2.75) is 85.6 Å². The molecular formula is C49H70N10O6S. The second-order valence-corrected chi connectivity index (χ2v) is 18.0. The Morgan fingerprint density at radius 2 is 1.74 bits per heavy atom. The Morgan fingerprint density at radius 3 is 2.27 bits per heavy atom. The van der Waals surface area contributed by atoms with E-state index >= 15 is 0 Å². The van der Waals surface area contributed by atoms with Crippen molar-refractivity contribution in [3.05, 3.63) is 82.7 Å². The summed E-state index contributed by atoms with van der Waals surface area (Å²) in [6.45, 7) is 17.2. The molecule has 6 heterocycles. The van der Waals surface area contributed by atoms with E-state index in [1.165, 1.54) is 16.5 Å². The molecule has 1 aliphatic carbocycles. The molecule has 66 heavy (non-hydrogen) atoms. The van der Waals surface area contributed by atoms with E-state index in [9.17, 15) is 9.59 Å². The number of pyridine rings is 2. The lowest BCUT2D eigenvalue weighted by molar-refractivity contribution is -0.145. The molecule has 6 N–H and O–H groups in total. The first kappa shape index (κ1) is 51.7. The van der Waals surface area contributed by atoms with E-state index in [1.54, 1.807) is 35.8 Å². The molecule has 3 unspecified atom stereocenters. The minimum Gasteiger partial charge on any atom is -0.483 e. The number of fused-ring (bicyclic) bond motifs is 1. The van der Waals surface area contributed by atoms with E-state index in [0.717, 1.165) is 117 Å². The van der Waals surface area contributed by atoms with Crippen LogP contribution in [0.2, 0.25) is 0 Å². The van der Waals surface area contributed by atoms with Gasteiger partial charge in [-0.1, -0.05) is 32.9 Å². The van der Waals surface area contributed by atoms with E-state index in [4.69, 9.17) is 40.8 Å². The number of aryl methyl sites for hydroxylation is 1. The monoisotopic (exact) mass is 927 g/mol. The molecule has 3 fully saturated rings. The number of thiazole rings is 1. The number of benzene rings is 1. The van der Waals surface area contributed by atoms with E-state index in [0.29, 0.717) is 12.5 Å². The largest absolute Gasteiger partial charge is 0.483 e. The molecule has 0 bridgehead atoms. The molecule has 1 saturated carbocycles. The quantitative estimate of drug-likeness (QED) is 0.0661. The standard InChI is InChI=1S/C39H56N8O3S.C5H5N.C4H7NO.CH2O2/c1-8-46-33-13-12-27(32-24-51-38(43-32)36(50-9-2)26(5)39(48)47-15-11-10-14-42-47)21-29(33)30(20-25(3)4)35(46)31-22-28(23-41-34(31)37(40)49-7)45-18-16-44(6)17-19-45;1-2-4-6-5-3-1;5-4(6)3-1-2-3;2-1-3/h12-13,21-26,36-37,42H,8-11,14-20,40H2,1-7H3;1-5H;3H,1-2H2,(H2,5,6);1H,(H,2,3). The van der Waals surface area contributed by atoms with Gasteiger partial charge in [-0.15, -0.1) is 11.3 Å². The fourth-order valence-corrected chi connectivity index (χ4v) is 9.13. The van der Waals surface area contributed by atoms with Crippen molar-refractivity contribution in [2.75, 3.05) is 64.9 Å². The summed E-state index contributed by atoms with van der Waals surface area (Å²) in [5.74, 6) is 0.221. The number of hydrazine groups is 1. The first-order valence-corrected chi connectivity index (χ1v) is 24.0. The molecule has 4 aromatic heterocycles. The Bertz CT molecular complexity index is 2260. The maximum absolute atomic E-state index is 13.5. The number of nitrogens with zero attached hydrogens (tertiary/aromatic N) is 7. The van der Waals surface area contributed by atoms with Gasteiger partial charge in [-0.2, -0.15) is 0 Å². The predicted molar refractivity (Wildman–Crippen MR) is 261 cm³/mol. The van der Waals surface area contributed by atoms with Gasteiger partial charge in [-0.3, -0.25) is 29.4 Å². The number of primary amides is 1. The van der Waals surface area contributed by atoms with E-state index in [1.807, 2.05) is 38.2 Å². The van der Waals surface area contributed by atoms with Crippen LogP contribution in [-0.2, 0) is 36.8 Å². The molecule has 2 aliphatic heterocycles. The number of rotatable bonds is 14. The maximum Gasteiger partial charge on any atom is 0.290 e. The number of methoxy groups -OCH3 is 1. The Kier molecular flexibility index (Phi) is 20.0. The van der Waals surface area contributed by atoms with E-state index in [-0.39, 0.29) is 30.1 Å². The Balaban J connectivity index is 0.000000463. The van der Waals surface area contributed by atoms with Gasteiger partial charge in [0, 0.05) is 105 Å². The van der Waals surface area contributed by atoms with Gasteiger partial charge in [0.05, 0.1) is 34.9 Å². The van der Waals surface area contributed by atoms with Gasteiger partial charge in [0.25, 0.3) is 6.47 Å². The maximum atomic E-state index is 13.5. The molecule has 5 aromatic rings. The number of carboxylic acid groups (broad SMARTS) is 1. The number of likely N-dealkylation sites (N-methyl/N-ethyl adjacent to an activating group) is 1. The number of anilines is 1. The smallest absolute Gasteiger partial charge is 0.290 e. The summed E-state index contributed by atoms with van der Waals surface area (Å²) in [6.07, 6.45) is 9.41. The molecule has 0 spiro atoms. The van der Waals surface area contributed by atoms with Crippen LogP contribution in [0.1, 0.15) is 88.9 Å². The second kappa shape index (κ2) is 25.6. The number of ether oxygens (including phenoxy) is 2. The molecule has 358 valence electrons. The lowest BCUT2D eigenvalue weighted by atomic mass is 9.95. The summed E-state index contributed by atoms with van der Waals surface area (Å²) >= 11 is 1.56. The molecule has 3 aliphatic rings. The fourth-order valence-electron chi connectivity index (χ4n) is 8.16. The molecule has 3 atom stereocenters. The molecule has 16 nitrogen and oxygen atoms in total. The summed E-state index contributed by atoms with van der Waals surface area (Å²) < 4.78 is 14.3. The SMILES string of the molecule is CCOC(c1nc(-c2ccc3c(c2)c(CC(C)C)c(-c2cc(N4CCN(C)CC4)cnc2C(N)OC)n3CC)cs1)C(C)C(=O)N1CCCCN1.NC(=O)C1CC1.O=CO.c1ccncc1. The molecule has 0 radical (unpaired) electrons. The third-order valence-electron chi connectivity index (χ3n) is 11.8. The van der Waals surface area contributed by atoms with E-state index in [2.05, 4.69) is 82.2 Å². The van der Waals surface area contributed by atoms with Crippen molar-refractivity contribution in [1.29, 1.82) is 0 Å². The van der Waals surface area contributed by atoms with Crippen LogP contribution in [0.4, 0.5) is 5.69 Å². The molecule has 2 amide bonds. The van der Waals surface area contributed by atoms with Gasteiger partial charge in [0.15, 0.2) is 0 Å². The van der Waals surface area contributed by atoms with Crippen LogP contribution in [0.25, 0.3) is 33.4 Å². The number of piperazine rings is 1. The Labute approximate surface area is 393 Å². The third kappa shape index (κ3) is 13.6. The lowest BCUT2D eigenvalue weighted by Crippen LogP contribution is -2.50. The van der Waals surface area contributed by atoms with Crippen molar-refractivity contribution < 1.29 is 29.0 Å². The number of aromatic nitrogens is 4. The number of hydrogen-bond donors (Lipinski definition) is 4. The van der Waals surface area contributed by atoms with Crippen LogP contribution in [0.5, 0.6) is 0 Å². The highest BCUT2D eigenvalue weighted by molar-refractivity contribution is 7.10. The highest BCUT2D eigenvalue weighted by Crippen LogP contribution is 2.41. The molecule has 8 rings (SSSR count). The summed E-state index contributed by atoms with van der Waals surface area (Å²) in [5, 5.41) is 12.8. The predicted octanol–water partition coefficient (Wildman–Crippen LogP) is 6.91. The average Bonchev–Trinajstić information content (AvgIpc) is 4.02. The van der Waals surface area contributed by atoms with Gasteiger partial charge in [-0.25, -0.2) is 10.4 Å². The van der Waals surface area contributed by atoms with Gasteiger partial charge < -0.3 is 40.4 Å². The van der Waals surface area contributed by atoms with Crippen molar-refractivity contribution in [3.63, 3.8) is 0 Å². The van der Waals surface area contributed by atoms with Crippen molar-refractivity contribution in [1.82, 2.24) is 34.9 Å². The lowest BCUT2D eigenvalue weighted by Gasteiger charge is -2.34.